The molecule has 0 unspecified atom stereocenters. The van der Waals surface area contributed by atoms with Gasteiger partial charge in [-0.1, -0.05) is 6.92 Å². The molecule has 118 valence electrons. The maximum Gasteiger partial charge on any atom is 0.490 e. The van der Waals surface area contributed by atoms with Crippen LogP contribution in [0.4, 0.5) is 13.2 Å². The fourth-order valence-electron chi connectivity index (χ4n) is 2.37. The van der Waals surface area contributed by atoms with Crippen LogP contribution in [-0.4, -0.2) is 67.1 Å². The van der Waals surface area contributed by atoms with E-state index in [4.69, 9.17) is 14.6 Å². The summed E-state index contributed by atoms with van der Waals surface area (Å²) in [5, 5.41) is 10.5. The molecule has 0 aromatic heterocycles. The van der Waals surface area contributed by atoms with Crippen LogP contribution in [0.2, 0.25) is 0 Å². The van der Waals surface area contributed by atoms with Crippen molar-refractivity contribution in [2.45, 2.75) is 38.0 Å². The molecule has 2 rings (SSSR count). The molecule has 5 nitrogen and oxygen atoms in total. The maximum absolute atomic E-state index is 10.6. The van der Waals surface area contributed by atoms with Crippen LogP contribution in [0.15, 0.2) is 0 Å². The molecule has 0 aliphatic carbocycles. The van der Waals surface area contributed by atoms with E-state index in [2.05, 4.69) is 17.1 Å². The van der Waals surface area contributed by atoms with Crippen LogP contribution < -0.4 is 5.32 Å². The van der Waals surface area contributed by atoms with Gasteiger partial charge in [-0.05, 0) is 32.5 Å². The van der Waals surface area contributed by atoms with Crippen molar-refractivity contribution in [3.8, 4) is 0 Å². The minimum Gasteiger partial charge on any atom is -0.475 e. The average molecular weight is 298 g/mol. The standard InChI is InChI=1S/C10H20N2O.C2HF3O2/c1-2-12(10-7-13-8-10)9-3-5-11-6-4-9;3-2(4,5)1(6)7/h9-11H,2-8H2,1H3;(H,6,7). The van der Waals surface area contributed by atoms with Gasteiger partial charge in [0, 0.05) is 6.04 Å². The monoisotopic (exact) mass is 298 g/mol. The summed E-state index contributed by atoms with van der Waals surface area (Å²) in [6, 6.07) is 1.52. The fraction of sp³-hybridized carbons (Fsp3) is 0.917. The number of ether oxygens (including phenoxy) is 1. The summed E-state index contributed by atoms with van der Waals surface area (Å²) in [6.07, 6.45) is -2.46. The summed E-state index contributed by atoms with van der Waals surface area (Å²) in [7, 11) is 0. The van der Waals surface area contributed by atoms with Crippen molar-refractivity contribution in [1.82, 2.24) is 10.2 Å². The lowest BCUT2D eigenvalue weighted by atomic mass is 10.0. The summed E-state index contributed by atoms with van der Waals surface area (Å²) in [4.78, 5) is 11.5. The minimum absolute atomic E-state index is 0.716. The second-order valence-electron chi connectivity index (χ2n) is 4.81. The van der Waals surface area contributed by atoms with Gasteiger partial charge in [0.2, 0.25) is 0 Å². The number of aliphatic carboxylic acids is 1. The molecular weight excluding hydrogens is 277 g/mol. The molecule has 0 aromatic rings. The van der Waals surface area contributed by atoms with Gasteiger partial charge in [-0.15, -0.1) is 0 Å². The van der Waals surface area contributed by atoms with Gasteiger partial charge in [0.05, 0.1) is 19.3 Å². The van der Waals surface area contributed by atoms with Crippen molar-refractivity contribution in [2.24, 2.45) is 0 Å². The maximum atomic E-state index is 10.6. The second-order valence-corrected chi connectivity index (χ2v) is 4.81. The number of hydrogen-bond donors (Lipinski definition) is 2. The normalized spacial score (nSPS) is 21.1. The summed E-state index contributed by atoms with van der Waals surface area (Å²) in [6.45, 7) is 7.73. The molecule has 2 heterocycles. The number of likely N-dealkylation sites (N-methyl/N-ethyl adjacent to an activating group) is 1. The molecule has 0 radical (unpaired) electrons. The van der Waals surface area contributed by atoms with Gasteiger partial charge < -0.3 is 15.2 Å². The Kier molecular flexibility index (Phi) is 6.70. The number of piperidine rings is 1. The highest BCUT2D eigenvalue weighted by molar-refractivity contribution is 5.73. The van der Waals surface area contributed by atoms with Crippen LogP contribution in [0.3, 0.4) is 0 Å². The molecule has 2 aliphatic heterocycles. The van der Waals surface area contributed by atoms with E-state index in [0.717, 1.165) is 19.3 Å². The molecule has 0 amide bonds. The highest BCUT2D eigenvalue weighted by Crippen LogP contribution is 2.19. The summed E-state index contributed by atoms with van der Waals surface area (Å²) in [5.74, 6) is -2.76. The molecule has 0 aromatic carbocycles. The van der Waals surface area contributed by atoms with Gasteiger partial charge in [-0.2, -0.15) is 13.2 Å². The summed E-state index contributed by atoms with van der Waals surface area (Å²) < 4.78 is 37.0. The van der Waals surface area contributed by atoms with E-state index >= 15 is 0 Å². The number of alkyl halides is 3. The molecular formula is C12H21F3N2O3. The first-order valence-electron chi connectivity index (χ1n) is 6.70. The molecule has 0 atom stereocenters. The minimum atomic E-state index is -5.08. The Hall–Kier alpha value is -0.860. The van der Waals surface area contributed by atoms with Gasteiger partial charge in [0.25, 0.3) is 0 Å². The zero-order valence-electron chi connectivity index (χ0n) is 11.4. The third-order valence-electron chi connectivity index (χ3n) is 3.47. The van der Waals surface area contributed by atoms with Crippen molar-refractivity contribution in [2.75, 3.05) is 32.8 Å². The average Bonchev–Trinajstić information content (AvgIpc) is 2.34. The molecule has 2 saturated heterocycles. The van der Waals surface area contributed by atoms with Crippen molar-refractivity contribution in [3.05, 3.63) is 0 Å². The van der Waals surface area contributed by atoms with E-state index in [0.29, 0.717) is 6.04 Å². The van der Waals surface area contributed by atoms with Gasteiger partial charge in [-0.25, -0.2) is 4.79 Å². The zero-order valence-corrected chi connectivity index (χ0v) is 11.4. The summed E-state index contributed by atoms with van der Waals surface area (Å²) >= 11 is 0. The van der Waals surface area contributed by atoms with E-state index in [1.807, 2.05) is 0 Å². The van der Waals surface area contributed by atoms with Crippen molar-refractivity contribution < 1.29 is 27.8 Å². The fourth-order valence-corrected chi connectivity index (χ4v) is 2.37. The first-order chi connectivity index (χ1) is 9.36. The predicted molar refractivity (Wildman–Crippen MR) is 66.6 cm³/mol. The molecule has 2 N–H and O–H groups in total. The lowest BCUT2D eigenvalue weighted by Gasteiger charge is -2.43. The number of hydrogen-bond acceptors (Lipinski definition) is 4. The first kappa shape index (κ1) is 17.2. The smallest absolute Gasteiger partial charge is 0.475 e. The van der Waals surface area contributed by atoms with Crippen LogP contribution in [0.1, 0.15) is 19.8 Å². The van der Waals surface area contributed by atoms with Crippen LogP contribution in [0.25, 0.3) is 0 Å². The number of nitrogens with zero attached hydrogens (tertiary/aromatic N) is 1. The molecule has 0 saturated carbocycles. The van der Waals surface area contributed by atoms with E-state index in [1.165, 1.54) is 32.5 Å². The van der Waals surface area contributed by atoms with Gasteiger partial charge in [0.15, 0.2) is 0 Å². The van der Waals surface area contributed by atoms with Crippen LogP contribution >= 0.6 is 0 Å². The van der Waals surface area contributed by atoms with Crippen molar-refractivity contribution in [1.29, 1.82) is 0 Å². The Labute approximate surface area is 116 Å². The second kappa shape index (κ2) is 7.80. The molecule has 2 fully saturated rings. The Morgan fingerprint density at radius 2 is 1.80 bits per heavy atom. The van der Waals surface area contributed by atoms with Crippen LogP contribution in [0.5, 0.6) is 0 Å². The third-order valence-corrected chi connectivity index (χ3v) is 3.47. The topological polar surface area (TPSA) is 61.8 Å². The van der Waals surface area contributed by atoms with E-state index in [9.17, 15) is 13.2 Å². The molecule has 2 aliphatic rings. The molecule has 0 bridgehead atoms. The highest BCUT2D eigenvalue weighted by atomic mass is 19.4. The Morgan fingerprint density at radius 1 is 1.30 bits per heavy atom. The SMILES string of the molecule is CCN(C1CCNCC1)C1COC1.O=C(O)C(F)(F)F. The molecule has 20 heavy (non-hydrogen) atoms. The van der Waals surface area contributed by atoms with E-state index in [1.54, 1.807) is 0 Å². The molecule has 8 heteroatoms. The summed E-state index contributed by atoms with van der Waals surface area (Å²) in [5.41, 5.74) is 0. The molecule has 0 spiro atoms. The third kappa shape index (κ3) is 5.26. The highest BCUT2D eigenvalue weighted by Gasteiger charge is 2.38. The van der Waals surface area contributed by atoms with Gasteiger partial charge in [-0.3, -0.25) is 4.90 Å². The largest absolute Gasteiger partial charge is 0.490 e. The van der Waals surface area contributed by atoms with Crippen molar-refractivity contribution in [3.63, 3.8) is 0 Å². The van der Waals surface area contributed by atoms with Gasteiger partial charge in [0.1, 0.15) is 0 Å². The van der Waals surface area contributed by atoms with Gasteiger partial charge >= 0.3 is 12.1 Å². The number of rotatable bonds is 3. The quantitative estimate of drug-likeness (QED) is 0.817. The van der Waals surface area contributed by atoms with Crippen LogP contribution in [-0.2, 0) is 9.53 Å². The number of carboxylic acids is 1. The zero-order chi connectivity index (χ0) is 15.2. The first-order valence-corrected chi connectivity index (χ1v) is 6.70. The number of halogens is 3. The number of nitrogens with one attached hydrogen (secondary N) is 1. The Morgan fingerprint density at radius 3 is 2.10 bits per heavy atom. The number of carboxylic acid groups (broad SMARTS) is 1. The predicted octanol–water partition coefficient (Wildman–Crippen LogP) is 1.09. The van der Waals surface area contributed by atoms with Crippen molar-refractivity contribution >= 4 is 5.97 Å². The van der Waals surface area contributed by atoms with E-state index in [-0.39, 0.29) is 0 Å². The van der Waals surface area contributed by atoms with E-state index < -0.39 is 12.1 Å². The Balaban J connectivity index is 0.000000246. The van der Waals surface area contributed by atoms with Crippen LogP contribution in [0, 0.1) is 0 Å². The lowest BCUT2D eigenvalue weighted by Crippen LogP contribution is -2.55. The number of carbonyl (C=O) groups is 1. The lowest BCUT2D eigenvalue weighted by molar-refractivity contribution is -0.192. The Bertz CT molecular complexity index is 303.